The van der Waals surface area contributed by atoms with Crippen LogP contribution in [0.15, 0.2) is 42.6 Å². The van der Waals surface area contributed by atoms with E-state index in [0.29, 0.717) is 11.7 Å². The molecule has 3 rings (SSSR count). The molecule has 0 saturated heterocycles. The normalized spacial score (nSPS) is 13.8. The van der Waals surface area contributed by atoms with Gasteiger partial charge in [0.1, 0.15) is 5.69 Å². The number of anilines is 2. The van der Waals surface area contributed by atoms with E-state index in [1.807, 2.05) is 24.3 Å². The maximum Gasteiger partial charge on any atom is 0.270 e. The molecule has 0 unspecified atom stereocenters. The van der Waals surface area contributed by atoms with E-state index in [-0.39, 0.29) is 5.91 Å². The highest BCUT2D eigenvalue weighted by Crippen LogP contribution is 2.21. The second-order valence-corrected chi connectivity index (χ2v) is 5.32. The Labute approximate surface area is 124 Å². The van der Waals surface area contributed by atoms with E-state index >= 15 is 0 Å². The van der Waals surface area contributed by atoms with E-state index in [2.05, 4.69) is 28.6 Å². The first-order valence-corrected chi connectivity index (χ1v) is 7.38. The van der Waals surface area contributed by atoms with E-state index in [0.717, 1.165) is 30.6 Å². The molecule has 1 amide bonds. The molecule has 0 atom stereocenters. The van der Waals surface area contributed by atoms with Crippen molar-refractivity contribution >= 4 is 17.3 Å². The van der Waals surface area contributed by atoms with Crippen LogP contribution in [-0.4, -0.2) is 16.9 Å². The summed E-state index contributed by atoms with van der Waals surface area (Å²) in [7, 11) is 0. The van der Waals surface area contributed by atoms with Crippen molar-refractivity contribution in [2.24, 2.45) is 0 Å². The third-order valence-electron chi connectivity index (χ3n) is 3.59. The molecule has 21 heavy (non-hydrogen) atoms. The van der Waals surface area contributed by atoms with Gasteiger partial charge in [-0.1, -0.05) is 25.1 Å². The number of aryl methyl sites for hydroxylation is 1. The molecule has 0 radical (unpaired) electrons. The molecule has 108 valence electrons. The number of carbonyl (C=O) groups excluding carboxylic acids is 1. The van der Waals surface area contributed by atoms with Crippen LogP contribution in [-0.2, 0) is 6.42 Å². The first kappa shape index (κ1) is 13.6. The Morgan fingerprint density at radius 2 is 2.05 bits per heavy atom. The molecule has 4 nitrogen and oxygen atoms in total. The summed E-state index contributed by atoms with van der Waals surface area (Å²) < 4.78 is 0. The molecule has 2 N–H and O–H groups in total. The summed E-state index contributed by atoms with van der Waals surface area (Å²) in [4.78, 5) is 16.1. The van der Waals surface area contributed by atoms with Crippen molar-refractivity contribution in [3.05, 3.63) is 53.9 Å². The van der Waals surface area contributed by atoms with Crippen LogP contribution >= 0.6 is 0 Å². The topological polar surface area (TPSA) is 54.0 Å². The van der Waals surface area contributed by atoms with E-state index in [4.69, 9.17) is 0 Å². The second kappa shape index (κ2) is 5.95. The number of amides is 1. The molecule has 0 spiro atoms. The van der Waals surface area contributed by atoms with Crippen LogP contribution in [0.5, 0.6) is 0 Å². The number of aromatic nitrogens is 1. The summed E-state index contributed by atoms with van der Waals surface area (Å²) in [6, 6.07) is 12.2. The lowest BCUT2D eigenvalue weighted by Crippen LogP contribution is -2.26. The zero-order valence-corrected chi connectivity index (χ0v) is 12.1. The van der Waals surface area contributed by atoms with E-state index in [9.17, 15) is 4.79 Å². The number of para-hydroxylation sites is 1. The van der Waals surface area contributed by atoms with Gasteiger partial charge < -0.3 is 10.6 Å². The van der Waals surface area contributed by atoms with Gasteiger partial charge in [-0.3, -0.25) is 4.79 Å². The lowest BCUT2D eigenvalue weighted by Gasteiger charge is -2.11. The number of hydrogen-bond donors (Lipinski definition) is 2. The monoisotopic (exact) mass is 281 g/mol. The minimum Gasteiger partial charge on any atom is -0.354 e. The van der Waals surface area contributed by atoms with Gasteiger partial charge in [0.2, 0.25) is 0 Å². The Morgan fingerprint density at radius 1 is 1.24 bits per heavy atom. The quantitative estimate of drug-likeness (QED) is 0.884. The smallest absolute Gasteiger partial charge is 0.270 e. The Morgan fingerprint density at radius 3 is 2.71 bits per heavy atom. The van der Waals surface area contributed by atoms with Gasteiger partial charge in [0.05, 0.1) is 11.9 Å². The molecule has 1 fully saturated rings. The average molecular weight is 281 g/mol. The standard InChI is InChI=1S/C17H19N3O/c1-2-12-5-3-4-6-15(12)19-14-9-10-16(18-11-14)17(21)20-13-7-8-13/h3-6,9-11,13,19H,2,7-8H2,1H3,(H,20,21). The van der Waals surface area contributed by atoms with Gasteiger partial charge in [-0.2, -0.15) is 0 Å². The molecule has 1 heterocycles. The molecule has 1 saturated carbocycles. The van der Waals surface area contributed by atoms with Gasteiger partial charge in [0, 0.05) is 11.7 Å². The third-order valence-corrected chi connectivity index (χ3v) is 3.59. The molecule has 0 bridgehead atoms. The number of pyridine rings is 1. The summed E-state index contributed by atoms with van der Waals surface area (Å²) in [6.07, 6.45) is 4.84. The molecule has 1 aliphatic carbocycles. The van der Waals surface area contributed by atoms with Crippen molar-refractivity contribution in [1.82, 2.24) is 10.3 Å². The summed E-state index contributed by atoms with van der Waals surface area (Å²) >= 11 is 0. The van der Waals surface area contributed by atoms with Crippen molar-refractivity contribution in [2.45, 2.75) is 32.2 Å². The molecular weight excluding hydrogens is 262 g/mol. The number of rotatable bonds is 5. The highest BCUT2D eigenvalue weighted by molar-refractivity contribution is 5.92. The predicted octanol–water partition coefficient (Wildman–Crippen LogP) is 3.28. The van der Waals surface area contributed by atoms with E-state index in [1.165, 1.54) is 5.56 Å². The van der Waals surface area contributed by atoms with Gasteiger partial charge in [-0.15, -0.1) is 0 Å². The average Bonchev–Trinajstić information content (AvgIpc) is 3.32. The van der Waals surface area contributed by atoms with Gasteiger partial charge in [0.15, 0.2) is 0 Å². The number of nitrogens with zero attached hydrogens (tertiary/aromatic N) is 1. The SMILES string of the molecule is CCc1ccccc1Nc1ccc(C(=O)NC2CC2)nc1. The summed E-state index contributed by atoms with van der Waals surface area (Å²) in [5.41, 5.74) is 3.69. The largest absolute Gasteiger partial charge is 0.354 e. The Kier molecular flexibility index (Phi) is 3.86. The third kappa shape index (κ3) is 3.40. The van der Waals surface area contributed by atoms with Gasteiger partial charge in [-0.05, 0) is 43.0 Å². The first-order valence-electron chi connectivity index (χ1n) is 7.38. The van der Waals surface area contributed by atoms with Crippen molar-refractivity contribution in [1.29, 1.82) is 0 Å². The maximum atomic E-state index is 11.9. The van der Waals surface area contributed by atoms with Crippen LogP contribution < -0.4 is 10.6 Å². The fourth-order valence-electron chi connectivity index (χ4n) is 2.20. The van der Waals surface area contributed by atoms with Crippen LogP contribution in [0.2, 0.25) is 0 Å². The molecule has 4 heteroatoms. The van der Waals surface area contributed by atoms with Gasteiger partial charge >= 0.3 is 0 Å². The Balaban J connectivity index is 1.70. The number of benzene rings is 1. The second-order valence-electron chi connectivity index (χ2n) is 5.32. The maximum absolute atomic E-state index is 11.9. The van der Waals surface area contributed by atoms with Gasteiger partial charge in [0.25, 0.3) is 5.91 Å². The van der Waals surface area contributed by atoms with Crippen molar-refractivity contribution < 1.29 is 4.79 Å². The highest BCUT2D eigenvalue weighted by Gasteiger charge is 2.24. The van der Waals surface area contributed by atoms with Crippen molar-refractivity contribution in [3.8, 4) is 0 Å². The number of nitrogens with one attached hydrogen (secondary N) is 2. The minimum absolute atomic E-state index is 0.0852. The number of hydrogen-bond acceptors (Lipinski definition) is 3. The zero-order valence-electron chi connectivity index (χ0n) is 12.1. The lowest BCUT2D eigenvalue weighted by molar-refractivity contribution is 0.0946. The molecule has 1 aliphatic rings. The van der Waals surface area contributed by atoms with Crippen LogP contribution in [0.4, 0.5) is 11.4 Å². The molecule has 2 aromatic rings. The summed E-state index contributed by atoms with van der Waals surface area (Å²) in [5, 5.41) is 6.28. The first-order chi connectivity index (χ1) is 10.3. The summed E-state index contributed by atoms with van der Waals surface area (Å²) in [5.74, 6) is -0.0852. The molecular formula is C17H19N3O. The van der Waals surface area contributed by atoms with Crippen LogP contribution in [0, 0.1) is 0 Å². The molecule has 1 aromatic heterocycles. The van der Waals surface area contributed by atoms with Crippen LogP contribution in [0.25, 0.3) is 0 Å². The van der Waals surface area contributed by atoms with Crippen molar-refractivity contribution in [3.63, 3.8) is 0 Å². The Hall–Kier alpha value is -2.36. The van der Waals surface area contributed by atoms with E-state index < -0.39 is 0 Å². The predicted molar refractivity (Wildman–Crippen MR) is 83.8 cm³/mol. The fraction of sp³-hybridized carbons (Fsp3) is 0.294. The Bertz CT molecular complexity index is 633. The zero-order chi connectivity index (χ0) is 14.7. The van der Waals surface area contributed by atoms with E-state index in [1.54, 1.807) is 12.3 Å². The van der Waals surface area contributed by atoms with Gasteiger partial charge in [-0.25, -0.2) is 4.98 Å². The molecule has 0 aliphatic heterocycles. The number of carbonyl (C=O) groups is 1. The highest BCUT2D eigenvalue weighted by atomic mass is 16.2. The van der Waals surface area contributed by atoms with Crippen molar-refractivity contribution in [2.75, 3.05) is 5.32 Å². The van der Waals surface area contributed by atoms with Crippen LogP contribution in [0.3, 0.4) is 0 Å². The van der Waals surface area contributed by atoms with Crippen LogP contribution in [0.1, 0.15) is 35.8 Å². The molecule has 1 aromatic carbocycles. The lowest BCUT2D eigenvalue weighted by atomic mass is 10.1. The fourth-order valence-corrected chi connectivity index (χ4v) is 2.20. The summed E-state index contributed by atoms with van der Waals surface area (Å²) in [6.45, 7) is 2.13. The minimum atomic E-state index is -0.0852.